The molecule has 0 rings (SSSR count). The second kappa shape index (κ2) is 8.50. The Balaban J connectivity index is 2.99. The van der Waals surface area contributed by atoms with E-state index in [-0.39, 0.29) is 12.3 Å². The Bertz CT molecular complexity index is 163. The molecular weight excluding hydrogens is 184 g/mol. The molecule has 0 aliphatic carbocycles. The van der Waals surface area contributed by atoms with Crippen LogP contribution < -0.4 is 11.1 Å². The lowest BCUT2D eigenvalue weighted by atomic mass is 10.2. The molecule has 0 unspecified atom stereocenters. The Morgan fingerprint density at radius 2 is 1.79 bits per heavy atom. The molecule has 0 heterocycles. The average molecular weight is 202 g/mol. The van der Waals surface area contributed by atoms with E-state index in [1.165, 1.54) is 0 Å². The minimum Gasteiger partial charge on any atom is -0.481 e. The van der Waals surface area contributed by atoms with Crippen LogP contribution in [0.3, 0.4) is 0 Å². The molecule has 4 N–H and O–H groups in total. The highest BCUT2D eigenvalue weighted by molar-refractivity contribution is 5.73. The van der Waals surface area contributed by atoms with Crippen LogP contribution in [0.4, 0.5) is 0 Å². The van der Waals surface area contributed by atoms with E-state index < -0.39 is 5.97 Å². The first kappa shape index (κ1) is 12.9. The lowest BCUT2D eigenvalue weighted by Gasteiger charge is -2.02. The van der Waals surface area contributed by atoms with E-state index in [4.69, 9.17) is 10.8 Å². The van der Waals surface area contributed by atoms with Crippen LogP contribution >= 0.6 is 0 Å². The van der Waals surface area contributed by atoms with Gasteiger partial charge in [0.05, 0.1) is 0 Å². The van der Waals surface area contributed by atoms with E-state index in [2.05, 4.69) is 5.32 Å². The maximum Gasteiger partial charge on any atom is 0.303 e. The van der Waals surface area contributed by atoms with E-state index in [0.717, 1.165) is 19.4 Å². The fourth-order valence-electron chi connectivity index (χ4n) is 1.04. The maximum atomic E-state index is 10.3. The van der Waals surface area contributed by atoms with Gasteiger partial charge in [-0.1, -0.05) is 6.42 Å². The van der Waals surface area contributed by atoms with E-state index in [0.29, 0.717) is 19.4 Å². The molecule has 0 saturated heterocycles. The van der Waals surface area contributed by atoms with E-state index >= 15 is 0 Å². The van der Waals surface area contributed by atoms with E-state index in [9.17, 15) is 9.59 Å². The Morgan fingerprint density at radius 3 is 2.36 bits per heavy atom. The Labute approximate surface area is 83.7 Å². The van der Waals surface area contributed by atoms with Gasteiger partial charge in [-0.2, -0.15) is 0 Å². The summed E-state index contributed by atoms with van der Waals surface area (Å²) in [5.74, 6) is -1.05. The second-order valence-corrected chi connectivity index (χ2v) is 3.17. The normalized spacial score (nSPS) is 10.0. The van der Waals surface area contributed by atoms with Gasteiger partial charge in [0.1, 0.15) is 0 Å². The number of hydrogen-bond acceptors (Lipinski definition) is 3. The number of carboxylic acids is 1. The topological polar surface area (TPSA) is 92.4 Å². The highest BCUT2D eigenvalue weighted by atomic mass is 16.4. The molecule has 0 atom stereocenters. The largest absolute Gasteiger partial charge is 0.481 e. The molecule has 0 aromatic rings. The van der Waals surface area contributed by atoms with E-state index in [1.807, 2.05) is 0 Å². The third-order valence-corrected chi connectivity index (χ3v) is 1.79. The molecule has 0 aromatic carbocycles. The van der Waals surface area contributed by atoms with Gasteiger partial charge >= 0.3 is 5.97 Å². The number of rotatable bonds is 9. The molecule has 0 aromatic heterocycles. The van der Waals surface area contributed by atoms with Gasteiger partial charge in [0.2, 0.25) is 5.91 Å². The molecule has 0 bridgehead atoms. The Kier molecular flexibility index (Phi) is 7.83. The number of nitrogens with one attached hydrogen (secondary N) is 1. The fraction of sp³-hybridized carbons (Fsp3) is 0.778. The molecule has 5 heteroatoms. The highest BCUT2D eigenvalue weighted by Gasteiger charge is 1.96. The van der Waals surface area contributed by atoms with Crippen LogP contribution in [0, 0.1) is 0 Å². The zero-order valence-corrected chi connectivity index (χ0v) is 8.29. The third-order valence-electron chi connectivity index (χ3n) is 1.79. The number of nitrogens with two attached hydrogens (primary N) is 1. The van der Waals surface area contributed by atoms with Crippen molar-refractivity contribution in [1.29, 1.82) is 0 Å². The summed E-state index contributed by atoms with van der Waals surface area (Å²) in [6.07, 6.45) is 3.14. The fourth-order valence-corrected chi connectivity index (χ4v) is 1.04. The first-order chi connectivity index (χ1) is 6.63. The second-order valence-electron chi connectivity index (χ2n) is 3.17. The molecule has 0 fully saturated rings. The molecule has 1 amide bonds. The number of unbranched alkanes of at least 4 members (excludes halogenated alkanes) is 2. The average Bonchev–Trinajstić information content (AvgIpc) is 2.08. The van der Waals surface area contributed by atoms with Gasteiger partial charge in [-0.15, -0.1) is 0 Å². The molecule has 14 heavy (non-hydrogen) atoms. The molecule has 0 radical (unpaired) electrons. The number of primary amides is 1. The van der Waals surface area contributed by atoms with Crippen molar-refractivity contribution in [2.24, 2.45) is 5.73 Å². The summed E-state index contributed by atoms with van der Waals surface area (Å²) in [5.41, 5.74) is 4.94. The number of hydrogen-bond donors (Lipinski definition) is 3. The summed E-state index contributed by atoms with van der Waals surface area (Å²) in [7, 11) is 0. The van der Waals surface area contributed by atoms with E-state index in [1.54, 1.807) is 0 Å². The number of carboxylic acid groups (broad SMARTS) is 1. The van der Waals surface area contributed by atoms with Gasteiger partial charge in [0, 0.05) is 19.4 Å². The SMILES string of the molecule is NC(=O)CCNCCCCCC(=O)O. The summed E-state index contributed by atoms with van der Waals surface area (Å²) in [5, 5.41) is 11.4. The number of amides is 1. The Morgan fingerprint density at radius 1 is 1.07 bits per heavy atom. The van der Waals surface area contributed by atoms with Crippen LogP contribution in [0.15, 0.2) is 0 Å². The number of carbonyl (C=O) groups excluding carboxylic acids is 1. The number of carbonyl (C=O) groups is 2. The summed E-state index contributed by atoms with van der Waals surface area (Å²) < 4.78 is 0. The minimum absolute atomic E-state index is 0.237. The summed E-state index contributed by atoms with van der Waals surface area (Å²) in [6, 6.07) is 0. The van der Waals surface area contributed by atoms with Crippen molar-refractivity contribution in [3.63, 3.8) is 0 Å². The van der Waals surface area contributed by atoms with Crippen molar-refractivity contribution in [3.8, 4) is 0 Å². The smallest absolute Gasteiger partial charge is 0.303 e. The summed E-state index contributed by atoms with van der Waals surface area (Å²) >= 11 is 0. The van der Waals surface area contributed by atoms with Crippen LogP contribution in [0.25, 0.3) is 0 Å². The van der Waals surface area contributed by atoms with Crippen molar-refractivity contribution < 1.29 is 14.7 Å². The molecule has 0 aliphatic rings. The predicted molar refractivity (Wildman–Crippen MR) is 52.8 cm³/mol. The lowest BCUT2D eigenvalue weighted by molar-refractivity contribution is -0.137. The molecule has 82 valence electrons. The highest BCUT2D eigenvalue weighted by Crippen LogP contribution is 1.98. The molecular formula is C9H18N2O3. The summed E-state index contributed by atoms with van der Waals surface area (Å²) in [6.45, 7) is 1.42. The molecule has 5 nitrogen and oxygen atoms in total. The van der Waals surface area contributed by atoms with Crippen molar-refractivity contribution in [1.82, 2.24) is 5.32 Å². The number of aliphatic carboxylic acids is 1. The van der Waals surface area contributed by atoms with Gasteiger partial charge in [0.25, 0.3) is 0 Å². The van der Waals surface area contributed by atoms with Gasteiger partial charge < -0.3 is 16.2 Å². The first-order valence-corrected chi connectivity index (χ1v) is 4.83. The lowest BCUT2D eigenvalue weighted by Crippen LogP contribution is -2.22. The quantitative estimate of drug-likeness (QED) is 0.462. The Hall–Kier alpha value is -1.10. The van der Waals surface area contributed by atoms with Crippen molar-refractivity contribution in [3.05, 3.63) is 0 Å². The molecule has 0 spiro atoms. The minimum atomic E-state index is -0.744. The zero-order chi connectivity index (χ0) is 10.8. The third kappa shape index (κ3) is 10.9. The van der Waals surface area contributed by atoms with Crippen LogP contribution in [0.1, 0.15) is 32.1 Å². The summed E-state index contributed by atoms with van der Waals surface area (Å²) in [4.78, 5) is 20.5. The monoisotopic (exact) mass is 202 g/mol. The van der Waals surface area contributed by atoms with Crippen LogP contribution in [-0.2, 0) is 9.59 Å². The first-order valence-electron chi connectivity index (χ1n) is 4.83. The van der Waals surface area contributed by atoms with Crippen molar-refractivity contribution in [2.45, 2.75) is 32.1 Å². The van der Waals surface area contributed by atoms with Gasteiger partial charge in [-0.3, -0.25) is 9.59 Å². The van der Waals surface area contributed by atoms with Crippen molar-refractivity contribution in [2.75, 3.05) is 13.1 Å². The van der Waals surface area contributed by atoms with Gasteiger partial charge in [-0.25, -0.2) is 0 Å². The zero-order valence-electron chi connectivity index (χ0n) is 8.29. The molecule has 0 aliphatic heterocycles. The van der Waals surface area contributed by atoms with Gasteiger partial charge in [-0.05, 0) is 19.4 Å². The standard InChI is InChI=1S/C9H18N2O3/c10-8(12)5-7-11-6-3-1-2-4-9(13)14/h11H,1-7H2,(H2,10,12)(H,13,14). The van der Waals surface area contributed by atoms with Crippen LogP contribution in [-0.4, -0.2) is 30.1 Å². The predicted octanol–water partition coefficient (Wildman–Crippen LogP) is 0.0964. The van der Waals surface area contributed by atoms with Crippen LogP contribution in [0.5, 0.6) is 0 Å². The van der Waals surface area contributed by atoms with Gasteiger partial charge in [0.15, 0.2) is 0 Å². The van der Waals surface area contributed by atoms with Crippen molar-refractivity contribution >= 4 is 11.9 Å². The van der Waals surface area contributed by atoms with Crippen LogP contribution in [0.2, 0.25) is 0 Å². The maximum absolute atomic E-state index is 10.3. The molecule has 0 saturated carbocycles.